The molecule has 0 aromatic heterocycles. The van der Waals surface area contributed by atoms with Gasteiger partial charge in [0, 0.05) is 6.42 Å². The summed E-state index contributed by atoms with van der Waals surface area (Å²) in [6.07, 6.45) is 12.3. The molecule has 0 aromatic carbocycles. The van der Waals surface area contributed by atoms with E-state index in [1.54, 1.807) is 0 Å². The molecular formula is C19H39O7P. The number of aliphatic hydroxyl groups excluding tert-OH is 2. The fourth-order valence-corrected chi connectivity index (χ4v) is 3.29. The maximum Gasteiger partial charge on any atom is 0.469 e. The van der Waals surface area contributed by atoms with Gasteiger partial charge in [-0.1, -0.05) is 84.0 Å². The van der Waals surface area contributed by atoms with Crippen molar-refractivity contribution in [1.82, 2.24) is 0 Å². The van der Waals surface area contributed by atoms with Crippen molar-refractivity contribution < 1.29 is 33.9 Å². The molecule has 0 rings (SSSR count). The summed E-state index contributed by atoms with van der Waals surface area (Å²) in [7, 11) is -4.72. The zero-order valence-electron chi connectivity index (χ0n) is 16.7. The van der Waals surface area contributed by atoms with E-state index in [-0.39, 0.29) is 6.42 Å². The molecule has 0 aliphatic carbocycles. The number of phosphoric acid groups is 1. The van der Waals surface area contributed by atoms with Gasteiger partial charge in [-0.15, -0.1) is 0 Å². The highest BCUT2D eigenvalue weighted by Gasteiger charge is 2.26. The van der Waals surface area contributed by atoms with Gasteiger partial charge in [0.25, 0.3) is 0 Å². The Balaban J connectivity index is 3.51. The fraction of sp³-hybridized carbons (Fsp3) is 0.947. The van der Waals surface area contributed by atoms with Gasteiger partial charge < -0.3 is 20.0 Å². The van der Waals surface area contributed by atoms with E-state index in [1.165, 1.54) is 57.8 Å². The van der Waals surface area contributed by atoms with Crippen molar-refractivity contribution in [1.29, 1.82) is 0 Å². The molecule has 8 heteroatoms. The average molecular weight is 410 g/mol. The lowest BCUT2D eigenvalue weighted by atomic mass is 10.0. The summed E-state index contributed by atoms with van der Waals surface area (Å²) in [6.45, 7) is 1.45. The Kier molecular flexibility index (Phi) is 16.5. The van der Waals surface area contributed by atoms with Crippen LogP contribution < -0.4 is 0 Å². The third-order valence-corrected chi connectivity index (χ3v) is 5.12. The van der Waals surface area contributed by atoms with Crippen molar-refractivity contribution in [3.8, 4) is 0 Å². The summed E-state index contributed by atoms with van der Waals surface area (Å²) in [6, 6.07) is 0. The first-order valence-electron chi connectivity index (χ1n) is 10.4. The number of carbonyl (C=O) groups is 1. The number of rotatable bonds is 19. The second-order valence-corrected chi connectivity index (χ2v) is 8.50. The van der Waals surface area contributed by atoms with Gasteiger partial charge in [0.2, 0.25) is 0 Å². The van der Waals surface area contributed by atoms with Crippen LogP contribution in [0.2, 0.25) is 0 Å². The van der Waals surface area contributed by atoms with Crippen LogP contribution in [0.3, 0.4) is 0 Å². The first-order valence-corrected chi connectivity index (χ1v) is 11.9. The number of carbonyl (C=O) groups excluding carboxylic acids is 1. The maximum atomic E-state index is 11.8. The third-order valence-electron chi connectivity index (χ3n) is 4.63. The second-order valence-electron chi connectivity index (χ2n) is 7.26. The molecule has 0 aliphatic rings. The van der Waals surface area contributed by atoms with E-state index < -0.39 is 32.4 Å². The summed E-state index contributed by atoms with van der Waals surface area (Å²) in [4.78, 5) is 28.8. The largest absolute Gasteiger partial charge is 0.469 e. The standard InChI is InChI=1S/C19H39O7P/c1-2-3-4-5-6-7-8-9-10-11-12-13-14-15-17(20)19(22)18(21)16-26-27(23,24)25/h18-19,21-22H,2-16H2,1H3,(H2,23,24,25). The third kappa shape index (κ3) is 17.5. The van der Waals surface area contributed by atoms with Gasteiger partial charge in [-0.3, -0.25) is 9.32 Å². The van der Waals surface area contributed by atoms with Gasteiger partial charge in [0.1, 0.15) is 12.2 Å². The number of hydrogen-bond acceptors (Lipinski definition) is 5. The molecule has 162 valence electrons. The van der Waals surface area contributed by atoms with E-state index in [1.807, 2.05) is 0 Å². The SMILES string of the molecule is CCCCCCCCCCCCCCCC(=O)C(O)C(O)COP(=O)(O)O. The Morgan fingerprint density at radius 3 is 1.63 bits per heavy atom. The molecule has 0 bridgehead atoms. The zero-order chi connectivity index (χ0) is 20.5. The van der Waals surface area contributed by atoms with E-state index in [0.717, 1.165) is 19.3 Å². The summed E-state index contributed by atoms with van der Waals surface area (Å²) in [5, 5.41) is 19.2. The van der Waals surface area contributed by atoms with Crippen LogP contribution in [0.4, 0.5) is 0 Å². The molecule has 0 fully saturated rings. The molecule has 2 atom stereocenters. The van der Waals surface area contributed by atoms with Crippen LogP contribution in [0.5, 0.6) is 0 Å². The molecule has 2 unspecified atom stereocenters. The number of aliphatic hydroxyl groups is 2. The number of Topliss-reactive ketones (excluding diaryl/α,β-unsaturated/α-hetero) is 1. The minimum absolute atomic E-state index is 0.145. The predicted molar refractivity (Wildman–Crippen MR) is 105 cm³/mol. The molecule has 0 aromatic rings. The van der Waals surface area contributed by atoms with Crippen molar-refractivity contribution in [3.63, 3.8) is 0 Å². The molecule has 0 aliphatic heterocycles. The second kappa shape index (κ2) is 16.6. The molecule has 0 amide bonds. The summed E-state index contributed by atoms with van der Waals surface area (Å²) < 4.78 is 14.6. The van der Waals surface area contributed by atoms with Crippen molar-refractivity contribution in [2.75, 3.05) is 6.61 Å². The zero-order valence-corrected chi connectivity index (χ0v) is 17.6. The number of hydrogen-bond donors (Lipinski definition) is 4. The highest BCUT2D eigenvalue weighted by atomic mass is 31.2. The van der Waals surface area contributed by atoms with Crippen LogP contribution in [0.1, 0.15) is 96.8 Å². The summed E-state index contributed by atoms with van der Waals surface area (Å²) >= 11 is 0. The molecule has 0 heterocycles. The van der Waals surface area contributed by atoms with E-state index in [2.05, 4.69) is 11.4 Å². The quantitative estimate of drug-likeness (QED) is 0.188. The molecule has 0 radical (unpaired) electrons. The van der Waals surface area contributed by atoms with Crippen LogP contribution in [-0.4, -0.2) is 44.6 Å². The molecule has 27 heavy (non-hydrogen) atoms. The first-order chi connectivity index (χ1) is 12.8. The van der Waals surface area contributed by atoms with Gasteiger partial charge in [-0.2, -0.15) is 0 Å². The maximum absolute atomic E-state index is 11.8. The van der Waals surface area contributed by atoms with E-state index in [0.29, 0.717) is 6.42 Å². The minimum Gasteiger partial charge on any atom is -0.388 e. The number of unbranched alkanes of at least 4 members (excludes halogenated alkanes) is 12. The lowest BCUT2D eigenvalue weighted by molar-refractivity contribution is -0.134. The van der Waals surface area contributed by atoms with Gasteiger partial charge in [0.05, 0.1) is 6.61 Å². The summed E-state index contributed by atoms with van der Waals surface area (Å²) in [5.41, 5.74) is 0. The van der Waals surface area contributed by atoms with Crippen molar-refractivity contribution in [3.05, 3.63) is 0 Å². The Labute approximate surface area is 163 Å². The van der Waals surface area contributed by atoms with Gasteiger partial charge >= 0.3 is 7.82 Å². The van der Waals surface area contributed by atoms with Gasteiger partial charge in [0.15, 0.2) is 5.78 Å². The highest BCUT2D eigenvalue weighted by molar-refractivity contribution is 7.46. The molecule has 0 saturated carbocycles. The lowest BCUT2D eigenvalue weighted by Crippen LogP contribution is -2.36. The molecular weight excluding hydrogens is 371 g/mol. The predicted octanol–water partition coefficient (Wildman–Crippen LogP) is 3.87. The Morgan fingerprint density at radius 2 is 1.22 bits per heavy atom. The van der Waals surface area contributed by atoms with Gasteiger partial charge in [-0.25, -0.2) is 4.57 Å². The monoisotopic (exact) mass is 410 g/mol. The summed E-state index contributed by atoms with van der Waals surface area (Å²) in [5.74, 6) is -0.528. The van der Waals surface area contributed by atoms with Gasteiger partial charge in [-0.05, 0) is 6.42 Å². The van der Waals surface area contributed by atoms with E-state index in [9.17, 15) is 19.6 Å². The smallest absolute Gasteiger partial charge is 0.388 e. The Morgan fingerprint density at radius 1 is 0.815 bits per heavy atom. The van der Waals surface area contributed by atoms with Crippen LogP contribution in [0, 0.1) is 0 Å². The average Bonchev–Trinajstić information content (AvgIpc) is 2.62. The molecule has 0 spiro atoms. The lowest BCUT2D eigenvalue weighted by Gasteiger charge is -2.17. The van der Waals surface area contributed by atoms with E-state index in [4.69, 9.17) is 9.79 Å². The highest BCUT2D eigenvalue weighted by Crippen LogP contribution is 2.35. The van der Waals surface area contributed by atoms with Crippen molar-refractivity contribution in [2.24, 2.45) is 0 Å². The minimum atomic E-state index is -4.72. The molecule has 4 N–H and O–H groups in total. The van der Waals surface area contributed by atoms with Crippen LogP contribution in [-0.2, 0) is 13.9 Å². The van der Waals surface area contributed by atoms with Crippen LogP contribution in [0.15, 0.2) is 0 Å². The Bertz CT molecular complexity index is 411. The van der Waals surface area contributed by atoms with E-state index >= 15 is 0 Å². The van der Waals surface area contributed by atoms with Crippen molar-refractivity contribution >= 4 is 13.6 Å². The topological polar surface area (TPSA) is 124 Å². The number of ketones is 1. The van der Waals surface area contributed by atoms with Crippen LogP contribution >= 0.6 is 7.82 Å². The van der Waals surface area contributed by atoms with Crippen molar-refractivity contribution in [2.45, 2.75) is 109 Å². The van der Waals surface area contributed by atoms with Crippen LogP contribution in [0.25, 0.3) is 0 Å². The number of phosphoric ester groups is 1. The first kappa shape index (κ1) is 26.7. The fourth-order valence-electron chi connectivity index (χ4n) is 2.94. The molecule has 0 saturated heterocycles. The normalized spacial score (nSPS) is 14.3. The Hall–Kier alpha value is -0.300. The molecule has 7 nitrogen and oxygen atoms in total.